The Hall–Kier alpha value is -4.94. The minimum Gasteiger partial charge on any atom is -0.338 e. The number of nitrogens with two attached hydrogens (primary N) is 1. The molecule has 222 valence electrons. The van der Waals surface area contributed by atoms with Crippen LogP contribution in [0.5, 0.6) is 0 Å². The number of hydrogen-bond acceptors (Lipinski definition) is 7. The summed E-state index contributed by atoms with van der Waals surface area (Å²) < 4.78 is 38.8. The number of H-pyrrole nitrogens is 2. The average Bonchev–Trinajstić information content (AvgIpc) is 3.59. The van der Waals surface area contributed by atoms with Gasteiger partial charge in [-0.1, -0.05) is 12.5 Å². The van der Waals surface area contributed by atoms with Gasteiger partial charge < -0.3 is 16.0 Å². The van der Waals surface area contributed by atoms with Gasteiger partial charge in [0, 0.05) is 40.9 Å². The Kier molecular flexibility index (Phi) is 6.74. The summed E-state index contributed by atoms with van der Waals surface area (Å²) in [6.07, 6.45) is 8.95. The molecule has 0 saturated heterocycles. The van der Waals surface area contributed by atoms with Crippen molar-refractivity contribution in [1.29, 1.82) is 0 Å². The van der Waals surface area contributed by atoms with E-state index in [0.717, 1.165) is 53.6 Å². The van der Waals surface area contributed by atoms with Gasteiger partial charge in [-0.15, -0.1) is 0 Å². The van der Waals surface area contributed by atoms with Gasteiger partial charge in [0.05, 0.1) is 23.1 Å². The minimum absolute atomic E-state index is 0.0299. The standard InChI is InChI=1S/C32H28FN7O3S/c1-44(42,43)30(34)20-9-19(10-22(33)11-20)24-7-8-36-31-25(24)14-28(38-31)29-26-13-18(5-6-27(26)39-40-29)21-12-23(16-35-15-21)37-32(41)17-3-2-4-17/h5-17,30H,2-4,34H2,1H3,(H,36,38)(H,37,41)(H,39,40). The quantitative estimate of drug-likeness (QED) is 0.180. The summed E-state index contributed by atoms with van der Waals surface area (Å²) in [5, 5.41) is 10.8. The highest BCUT2D eigenvalue weighted by molar-refractivity contribution is 7.90. The number of benzene rings is 2. The molecule has 44 heavy (non-hydrogen) atoms. The van der Waals surface area contributed by atoms with Crippen LogP contribution in [0.3, 0.4) is 0 Å². The van der Waals surface area contributed by atoms with Crippen LogP contribution in [0.25, 0.3) is 55.6 Å². The van der Waals surface area contributed by atoms with Crippen LogP contribution in [-0.4, -0.2) is 45.7 Å². The number of nitrogens with one attached hydrogen (secondary N) is 3. The smallest absolute Gasteiger partial charge is 0.227 e. The first kappa shape index (κ1) is 27.9. The van der Waals surface area contributed by atoms with Crippen LogP contribution in [0.2, 0.25) is 0 Å². The monoisotopic (exact) mass is 609 g/mol. The summed E-state index contributed by atoms with van der Waals surface area (Å²) in [6.45, 7) is 0. The molecular weight excluding hydrogens is 581 g/mol. The summed E-state index contributed by atoms with van der Waals surface area (Å²) >= 11 is 0. The number of sulfone groups is 1. The lowest BCUT2D eigenvalue weighted by Gasteiger charge is -2.24. The lowest BCUT2D eigenvalue weighted by molar-refractivity contribution is -0.122. The van der Waals surface area contributed by atoms with Crippen LogP contribution in [0.1, 0.15) is 30.2 Å². The van der Waals surface area contributed by atoms with E-state index in [9.17, 15) is 17.6 Å². The topological polar surface area (TPSA) is 160 Å². The molecule has 1 fully saturated rings. The fourth-order valence-corrected chi connectivity index (χ4v) is 6.20. The third-order valence-corrected chi connectivity index (χ3v) is 9.38. The van der Waals surface area contributed by atoms with Crippen LogP contribution in [0.4, 0.5) is 10.1 Å². The van der Waals surface area contributed by atoms with Crippen LogP contribution < -0.4 is 11.1 Å². The maximum absolute atomic E-state index is 14.7. The molecule has 0 aliphatic heterocycles. The summed E-state index contributed by atoms with van der Waals surface area (Å²) in [6, 6.07) is 15.5. The number of carbonyl (C=O) groups excluding carboxylic acids is 1. The maximum Gasteiger partial charge on any atom is 0.227 e. The third kappa shape index (κ3) is 5.12. The van der Waals surface area contributed by atoms with E-state index in [1.54, 1.807) is 30.7 Å². The zero-order valence-corrected chi connectivity index (χ0v) is 24.5. The molecule has 10 nitrogen and oxygen atoms in total. The highest BCUT2D eigenvalue weighted by Gasteiger charge is 2.25. The van der Waals surface area contributed by atoms with Gasteiger partial charge in [0.25, 0.3) is 0 Å². The highest BCUT2D eigenvalue weighted by atomic mass is 32.2. The van der Waals surface area contributed by atoms with Crippen molar-refractivity contribution in [3.8, 4) is 33.6 Å². The van der Waals surface area contributed by atoms with Crippen molar-refractivity contribution in [2.24, 2.45) is 11.7 Å². The summed E-state index contributed by atoms with van der Waals surface area (Å²) in [7, 11) is -3.64. The number of aromatic amines is 2. The fraction of sp³-hybridized carbons (Fsp3) is 0.188. The second kappa shape index (κ2) is 10.6. The third-order valence-electron chi connectivity index (χ3n) is 8.19. The van der Waals surface area contributed by atoms with Gasteiger partial charge in [-0.2, -0.15) is 5.10 Å². The highest BCUT2D eigenvalue weighted by Crippen LogP contribution is 2.36. The number of pyridine rings is 2. The number of carbonyl (C=O) groups is 1. The first-order valence-electron chi connectivity index (χ1n) is 14.1. The first-order chi connectivity index (χ1) is 21.1. The van der Waals surface area contributed by atoms with E-state index in [1.807, 2.05) is 30.3 Å². The van der Waals surface area contributed by atoms with Crippen molar-refractivity contribution >= 4 is 43.4 Å². The van der Waals surface area contributed by atoms with Gasteiger partial charge in [-0.05, 0) is 83.6 Å². The molecular formula is C32H28FN7O3S. The van der Waals surface area contributed by atoms with Gasteiger partial charge in [0.15, 0.2) is 9.84 Å². The summed E-state index contributed by atoms with van der Waals surface area (Å²) in [4.78, 5) is 24.6. The first-order valence-corrected chi connectivity index (χ1v) is 16.1. The lowest BCUT2D eigenvalue weighted by atomic mass is 9.85. The molecule has 1 saturated carbocycles. The number of nitrogens with zero attached hydrogens (tertiary/aromatic N) is 3. The molecule has 2 aromatic carbocycles. The van der Waals surface area contributed by atoms with Crippen molar-refractivity contribution < 1.29 is 17.6 Å². The Labute approximate surface area is 251 Å². The van der Waals surface area contributed by atoms with Crippen LogP contribution in [0, 0.1) is 11.7 Å². The van der Waals surface area contributed by atoms with Crippen LogP contribution in [-0.2, 0) is 14.6 Å². The van der Waals surface area contributed by atoms with E-state index in [2.05, 4.69) is 30.5 Å². The molecule has 4 heterocycles. The van der Waals surface area contributed by atoms with Gasteiger partial charge >= 0.3 is 0 Å². The van der Waals surface area contributed by atoms with Gasteiger partial charge in [-0.25, -0.2) is 17.8 Å². The summed E-state index contributed by atoms with van der Waals surface area (Å²) in [5.74, 6) is -0.491. The summed E-state index contributed by atoms with van der Waals surface area (Å²) in [5.41, 5.74) is 12.3. The van der Waals surface area contributed by atoms with Crippen molar-refractivity contribution in [3.05, 3.63) is 84.6 Å². The lowest BCUT2D eigenvalue weighted by Crippen LogP contribution is -2.28. The molecule has 5 N–H and O–H groups in total. The Bertz CT molecular complexity index is 2190. The molecule has 6 aromatic rings. The molecule has 12 heteroatoms. The number of amides is 1. The fourth-order valence-electron chi connectivity index (χ4n) is 5.57. The molecule has 7 rings (SSSR count). The zero-order chi connectivity index (χ0) is 30.6. The molecule has 0 radical (unpaired) electrons. The Balaban J connectivity index is 1.26. The van der Waals surface area contributed by atoms with Gasteiger partial charge in [0.2, 0.25) is 5.91 Å². The van der Waals surface area contributed by atoms with Gasteiger partial charge in [0.1, 0.15) is 22.5 Å². The second-order valence-corrected chi connectivity index (χ2v) is 13.4. The predicted molar refractivity (Wildman–Crippen MR) is 168 cm³/mol. The van der Waals surface area contributed by atoms with Crippen molar-refractivity contribution in [2.75, 3.05) is 11.6 Å². The number of aromatic nitrogens is 5. The molecule has 1 aliphatic carbocycles. The SMILES string of the molecule is CS(=O)(=O)C(N)c1cc(F)cc(-c2ccnc3[nH]c(-c4n[nH]c5ccc(-c6cncc(NC(=O)C7CCC7)c6)cc45)cc23)c1. The van der Waals surface area contributed by atoms with Gasteiger partial charge in [-0.3, -0.25) is 14.9 Å². The van der Waals surface area contributed by atoms with E-state index in [4.69, 9.17) is 5.73 Å². The minimum atomic E-state index is -3.64. The molecule has 1 aliphatic rings. The molecule has 1 atom stereocenters. The Morgan fingerprint density at radius 3 is 2.64 bits per heavy atom. The van der Waals surface area contributed by atoms with E-state index in [0.29, 0.717) is 39.2 Å². The van der Waals surface area contributed by atoms with E-state index in [-0.39, 0.29) is 17.4 Å². The number of hydrogen-bond donors (Lipinski definition) is 4. The molecule has 0 bridgehead atoms. The molecule has 1 amide bonds. The number of fused-ring (bicyclic) bond motifs is 2. The Morgan fingerprint density at radius 2 is 1.86 bits per heavy atom. The van der Waals surface area contributed by atoms with Crippen LogP contribution >= 0.6 is 0 Å². The van der Waals surface area contributed by atoms with E-state index >= 15 is 0 Å². The van der Waals surface area contributed by atoms with Crippen molar-refractivity contribution in [3.63, 3.8) is 0 Å². The van der Waals surface area contributed by atoms with Crippen molar-refractivity contribution in [1.82, 2.24) is 25.1 Å². The number of rotatable bonds is 7. The zero-order valence-electron chi connectivity index (χ0n) is 23.6. The largest absolute Gasteiger partial charge is 0.338 e. The maximum atomic E-state index is 14.7. The normalized spacial score (nSPS) is 14.5. The number of halogens is 1. The van der Waals surface area contributed by atoms with Crippen molar-refractivity contribution in [2.45, 2.75) is 24.6 Å². The molecule has 0 spiro atoms. The average molecular weight is 610 g/mol. The Morgan fingerprint density at radius 1 is 1.02 bits per heavy atom. The molecule has 1 unspecified atom stereocenters. The van der Waals surface area contributed by atoms with E-state index in [1.165, 1.54) is 6.07 Å². The number of anilines is 1. The second-order valence-electron chi connectivity index (χ2n) is 11.2. The molecule has 4 aromatic heterocycles. The van der Waals surface area contributed by atoms with E-state index < -0.39 is 21.0 Å². The predicted octanol–water partition coefficient (Wildman–Crippen LogP) is 5.71. The van der Waals surface area contributed by atoms with Crippen LogP contribution in [0.15, 0.2) is 73.2 Å².